The van der Waals surface area contributed by atoms with Crippen molar-refractivity contribution in [3.63, 3.8) is 0 Å². The van der Waals surface area contributed by atoms with Crippen LogP contribution in [0.2, 0.25) is 5.02 Å². The van der Waals surface area contributed by atoms with E-state index in [1.807, 2.05) is 31.2 Å². The third-order valence-corrected chi connectivity index (χ3v) is 3.82. The summed E-state index contributed by atoms with van der Waals surface area (Å²) in [6.45, 7) is 3.23. The highest BCUT2D eigenvalue weighted by Crippen LogP contribution is 2.26. The predicted molar refractivity (Wildman–Crippen MR) is 69.1 cm³/mol. The SMILES string of the molecule is CC(Sc1ccc(Cl)cc1)C(=O)N1CCCO1. The van der Waals surface area contributed by atoms with E-state index in [1.54, 1.807) is 0 Å². The summed E-state index contributed by atoms with van der Waals surface area (Å²) in [7, 11) is 0. The maximum absolute atomic E-state index is 12.0. The van der Waals surface area contributed by atoms with Crippen molar-refractivity contribution in [3.05, 3.63) is 29.3 Å². The molecule has 17 heavy (non-hydrogen) atoms. The first-order valence-corrected chi connectivity index (χ1v) is 6.79. The monoisotopic (exact) mass is 271 g/mol. The van der Waals surface area contributed by atoms with Crippen LogP contribution in [-0.4, -0.2) is 29.4 Å². The summed E-state index contributed by atoms with van der Waals surface area (Å²) in [5, 5.41) is 2.03. The number of halogens is 1. The number of rotatable bonds is 3. The zero-order valence-electron chi connectivity index (χ0n) is 9.56. The van der Waals surface area contributed by atoms with Gasteiger partial charge in [-0.15, -0.1) is 11.8 Å². The van der Waals surface area contributed by atoms with Gasteiger partial charge in [-0.1, -0.05) is 11.6 Å². The smallest absolute Gasteiger partial charge is 0.259 e. The number of hydrogen-bond acceptors (Lipinski definition) is 3. The molecule has 0 bridgehead atoms. The first-order valence-electron chi connectivity index (χ1n) is 5.53. The molecule has 1 atom stereocenters. The molecule has 2 rings (SSSR count). The van der Waals surface area contributed by atoms with Gasteiger partial charge >= 0.3 is 0 Å². The van der Waals surface area contributed by atoms with E-state index in [1.165, 1.54) is 16.8 Å². The molecule has 1 amide bonds. The molecule has 1 fully saturated rings. The standard InChI is InChI=1S/C12H14ClNO2S/c1-9(12(15)14-7-2-8-16-14)17-11-5-3-10(13)4-6-11/h3-6,9H,2,7-8H2,1H3. The molecule has 0 N–H and O–H groups in total. The fourth-order valence-corrected chi connectivity index (χ4v) is 2.64. The van der Waals surface area contributed by atoms with E-state index in [0.29, 0.717) is 18.2 Å². The summed E-state index contributed by atoms with van der Waals surface area (Å²) < 4.78 is 0. The van der Waals surface area contributed by atoms with Crippen LogP contribution in [-0.2, 0) is 9.63 Å². The van der Waals surface area contributed by atoms with E-state index < -0.39 is 0 Å². The number of carbonyl (C=O) groups excluding carboxylic acids is 1. The molecule has 1 saturated heterocycles. The first-order chi connectivity index (χ1) is 8.16. The summed E-state index contributed by atoms with van der Waals surface area (Å²) in [6.07, 6.45) is 0.921. The van der Waals surface area contributed by atoms with Gasteiger partial charge in [0.05, 0.1) is 18.4 Å². The Morgan fingerprint density at radius 2 is 2.18 bits per heavy atom. The van der Waals surface area contributed by atoms with Crippen molar-refractivity contribution in [2.75, 3.05) is 13.2 Å². The minimum absolute atomic E-state index is 0.0300. The Kier molecular flexibility index (Phi) is 4.31. The molecular weight excluding hydrogens is 258 g/mol. The van der Waals surface area contributed by atoms with E-state index in [0.717, 1.165) is 11.3 Å². The second-order valence-corrected chi connectivity index (χ2v) is 5.69. The Morgan fingerprint density at radius 1 is 1.47 bits per heavy atom. The zero-order valence-corrected chi connectivity index (χ0v) is 11.1. The molecule has 1 aromatic rings. The molecule has 1 aliphatic rings. The highest BCUT2D eigenvalue weighted by atomic mass is 35.5. The van der Waals surface area contributed by atoms with Crippen molar-refractivity contribution in [2.24, 2.45) is 0 Å². The fourth-order valence-electron chi connectivity index (χ4n) is 1.59. The lowest BCUT2D eigenvalue weighted by Crippen LogP contribution is -2.33. The van der Waals surface area contributed by atoms with Crippen LogP contribution in [0.4, 0.5) is 0 Å². The number of carbonyl (C=O) groups is 1. The van der Waals surface area contributed by atoms with Gasteiger partial charge in [-0.05, 0) is 37.6 Å². The minimum atomic E-state index is -0.144. The van der Waals surface area contributed by atoms with E-state index in [-0.39, 0.29) is 11.2 Å². The van der Waals surface area contributed by atoms with Crippen LogP contribution in [0.5, 0.6) is 0 Å². The van der Waals surface area contributed by atoms with E-state index in [4.69, 9.17) is 16.4 Å². The molecule has 1 aromatic carbocycles. The van der Waals surface area contributed by atoms with Crippen LogP contribution >= 0.6 is 23.4 Å². The van der Waals surface area contributed by atoms with Gasteiger partial charge in [0.15, 0.2) is 0 Å². The molecule has 3 nitrogen and oxygen atoms in total. The van der Waals surface area contributed by atoms with Gasteiger partial charge in [0.2, 0.25) is 0 Å². The largest absolute Gasteiger partial charge is 0.271 e. The summed E-state index contributed by atoms with van der Waals surface area (Å²) in [4.78, 5) is 18.2. The van der Waals surface area contributed by atoms with Crippen molar-refractivity contribution in [2.45, 2.75) is 23.5 Å². The van der Waals surface area contributed by atoms with E-state index >= 15 is 0 Å². The number of hydroxylamine groups is 2. The average molecular weight is 272 g/mol. The number of nitrogens with zero attached hydrogens (tertiary/aromatic N) is 1. The molecule has 0 aliphatic carbocycles. The summed E-state index contributed by atoms with van der Waals surface area (Å²) in [5.41, 5.74) is 0. The molecule has 0 saturated carbocycles. The van der Waals surface area contributed by atoms with Crippen molar-refractivity contribution >= 4 is 29.3 Å². The number of benzene rings is 1. The predicted octanol–water partition coefficient (Wildman–Crippen LogP) is 2.98. The van der Waals surface area contributed by atoms with Gasteiger partial charge in [-0.3, -0.25) is 9.63 Å². The second-order valence-electron chi connectivity index (χ2n) is 3.84. The lowest BCUT2D eigenvalue weighted by Gasteiger charge is -2.18. The summed E-state index contributed by atoms with van der Waals surface area (Å²) in [5.74, 6) is 0.0300. The Labute approximate surface area is 110 Å². The Balaban J connectivity index is 1.93. The average Bonchev–Trinajstić information content (AvgIpc) is 2.84. The molecule has 0 radical (unpaired) electrons. The normalized spacial score (nSPS) is 17.2. The minimum Gasteiger partial charge on any atom is -0.271 e. The van der Waals surface area contributed by atoms with Crippen molar-refractivity contribution < 1.29 is 9.63 Å². The maximum Gasteiger partial charge on any atom is 0.259 e. The third-order valence-electron chi connectivity index (χ3n) is 2.47. The Morgan fingerprint density at radius 3 is 2.76 bits per heavy atom. The van der Waals surface area contributed by atoms with Crippen LogP contribution in [0.3, 0.4) is 0 Å². The first kappa shape index (κ1) is 12.7. The third kappa shape index (κ3) is 3.37. The number of thioether (sulfide) groups is 1. The molecule has 0 spiro atoms. The maximum atomic E-state index is 12.0. The topological polar surface area (TPSA) is 29.5 Å². The van der Waals surface area contributed by atoms with Crippen LogP contribution in [0, 0.1) is 0 Å². The number of hydrogen-bond donors (Lipinski definition) is 0. The van der Waals surface area contributed by atoms with E-state index in [9.17, 15) is 4.79 Å². The molecule has 0 aromatic heterocycles. The summed E-state index contributed by atoms with van der Waals surface area (Å²) in [6, 6.07) is 7.49. The molecular formula is C12H14ClNO2S. The highest BCUT2D eigenvalue weighted by Gasteiger charge is 2.25. The van der Waals surface area contributed by atoms with Crippen LogP contribution in [0.15, 0.2) is 29.2 Å². The molecule has 1 heterocycles. The lowest BCUT2D eigenvalue weighted by molar-refractivity contribution is -0.167. The van der Waals surface area contributed by atoms with Gasteiger partial charge in [-0.25, -0.2) is 5.06 Å². The van der Waals surface area contributed by atoms with Crippen LogP contribution in [0.25, 0.3) is 0 Å². The number of amides is 1. The quantitative estimate of drug-likeness (QED) is 0.792. The summed E-state index contributed by atoms with van der Waals surface area (Å²) >= 11 is 7.33. The molecule has 1 unspecified atom stereocenters. The van der Waals surface area contributed by atoms with E-state index in [2.05, 4.69) is 0 Å². The van der Waals surface area contributed by atoms with Crippen molar-refractivity contribution in [1.29, 1.82) is 0 Å². The van der Waals surface area contributed by atoms with Gasteiger partial charge in [0.25, 0.3) is 5.91 Å². The Hall–Kier alpha value is -0.710. The van der Waals surface area contributed by atoms with Gasteiger partial charge in [0.1, 0.15) is 0 Å². The molecule has 1 aliphatic heterocycles. The van der Waals surface area contributed by atoms with Gasteiger partial charge in [-0.2, -0.15) is 0 Å². The van der Waals surface area contributed by atoms with Crippen LogP contribution < -0.4 is 0 Å². The van der Waals surface area contributed by atoms with Gasteiger partial charge in [0, 0.05) is 9.92 Å². The van der Waals surface area contributed by atoms with Gasteiger partial charge < -0.3 is 0 Å². The second kappa shape index (κ2) is 5.76. The highest BCUT2D eigenvalue weighted by molar-refractivity contribution is 8.00. The lowest BCUT2D eigenvalue weighted by atomic mass is 10.4. The molecule has 5 heteroatoms. The van der Waals surface area contributed by atoms with Crippen LogP contribution in [0.1, 0.15) is 13.3 Å². The van der Waals surface area contributed by atoms with Crippen molar-refractivity contribution in [1.82, 2.24) is 5.06 Å². The Bertz CT molecular complexity index is 390. The van der Waals surface area contributed by atoms with Crippen molar-refractivity contribution in [3.8, 4) is 0 Å². The molecule has 92 valence electrons. The zero-order chi connectivity index (χ0) is 12.3. The fraction of sp³-hybridized carbons (Fsp3) is 0.417.